The number of nitrogens with zero attached hydrogens (tertiary/aromatic N) is 3. The number of urea groups is 1. The first-order valence-corrected chi connectivity index (χ1v) is 8.45. The molecule has 1 N–H and O–H groups in total. The van der Waals surface area contributed by atoms with Crippen molar-refractivity contribution in [2.45, 2.75) is 26.7 Å². The second kappa shape index (κ2) is 8.07. The molecule has 0 saturated carbocycles. The molecule has 0 aliphatic heterocycles. The average molecular weight is 357 g/mol. The SMILES string of the molecule is CCCCN(Cl)C(=O)Nc1nc2sccc2nc1C(=O)OCC. The number of hydrogen-bond acceptors (Lipinski definition) is 6. The zero-order valence-electron chi connectivity index (χ0n) is 12.8. The fourth-order valence-electron chi connectivity index (χ4n) is 1.78. The molecule has 23 heavy (non-hydrogen) atoms. The van der Waals surface area contributed by atoms with Gasteiger partial charge in [0, 0.05) is 18.3 Å². The van der Waals surface area contributed by atoms with Crippen molar-refractivity contribution in [2.75, 3.05) is 18.5 Å². The van der Waals surface area contributed by atoms with Gasteiger partial charge in [-0.25, -0.2) is 24.0 Å². The highest BCUT2D eigenvalue weighted by atomic mass is 35.5. The van der Waals surface area contributed by atoms with Gasteiger partial charge in [-0.3, -0.25) is 5.32 Å². The van der Waals surface area contributed by atoms with Gasteiger partial charge in [0.2, 0.25) is 0 Å². The Morgan fingerprint density at radius 2 is 2.17 bits per heavy atom. The van der Waals surface area contributed by atoms with Crippen LogP contribution in [0.2, 0.25) is 0 Å². The van der Waals surface area contributed by atoms with E-state index in [1.54, 1.807) is 18.4 Å². The van der Waals surface area contributed by atoms with E-state index in [1.807, 2.05) is 6.92 Å². The van der Waals surface area contributed by atoms with E-state index in [0.717, 1.165) is 17.3 Å². The topological polar surface area (TPSA) is 84.4 Å². The van der Waals surface area contributed by atoms with Crippen molar-refractivity contribution in [1.29, 1.82) is 0 Å². The fraction of sp³-hybridized carbons (Fsp3) is 0.429. The summed E-state index contributed by atoms with van der Waals surface area (Å²) >= 11 is 7.27. The minimum absolute atomic E-state index is 0.0355. The van der Waals surface area contributed by atoms with Gasteiger partial charge in [-0.15, -0.1) is 11.3 Å². The van der Waals surface area contributed by atoms with E-state index in [4.69, 9.17) is 16.5 Å². The van der Waals surface area contributed by atoms with Crippen LogP contribution in [0, 0.1) is 0 Å². The molecule has 2 aromatic heterocycles. The number of carbonyl (C=O) groups excluding carboxylic acids is 2. The third-order valence-corrected chi connectivity index (χ3v) is 4.04. The number of unbranched alkanes of at least 4 members (excludes halogenated alkanes) is 1. The molecular weight excluding hydrogens is 340 g/mol. The molecule has 2 amide bonds. The molecule has 0 atom stereocenters. The Balaban J connectivity index is 2.28. The summed E-state index contributed by atoms with van der Waals surface area (Å²) in [6, 6.07) is 1.19. The Kier molecular flexibility index (Phi) is 6.12. The molecule has 9 heteroatoms. The lowest BCUT2D eigenvalue weighted by atomic mass is 10.3. The van der Waals surface area contributed by atoms with Crippen molar-refractivity contribution < 1.29 is 14.3 Å². The zero-order chi connectivity index (χ0) is 16.8. The maximum absolute atomic E-state index is 12.1. The van der Waals surface area contributed by atoms with Crippen LogP contribution in [0.25, 0.3) is 10.3 Å². The van der Waals surface area contributed by atoms with E-state index in [9.17, 15) is 9.59 Å². The number of hydrogen-bond donors (Lipinski definition) is 1. The average Bonchev–Trinajstić information content (AvgIpc) is 2.99. The Morgan fingerprint density at radius 3 is 2.87 bits per heavy atom. The number of esters is 1. The van der Waals surface area contributed by atoms with Crippen molar-refractivity contribution in [2.24, 2.45) is 0 Å². The van der Waals surface area contributed by atoms with Gasteiger partial charge < -0.3 is 4.74 Å². The number of nitrogens with one attached hydrogen (secondary N) is 1. The molecule has 2 aromatic rings. The third kappa shape index (κ3) is 4.29. The van der Waals surface area contributed by atoms with E-state index in [-0.39, 0.29) is 18.1 Å². The number of halogens is 1. The van der Waals surface area contributed by atoms with Crippen LogP contribution in [0.5, 0.6) is 0 Å². The number of amides is 2. The van der Waals surface area contributed by atoms with Crippen molar-refractivity contribution in [1.82, 2.24) is 14.4 Å². The van der Waals surface area contributed by atoms with E-state index >= 15 is 0 Å². The Labute approximate surface area is 142 Å². The summed E-state index contributed by atoms with van der Waals surface area (Å²) in [7, 11) is 0. The summed E-state index contributed by atoms with van der Waals surface area (Å²) in [4.78, 5) is 33.2. The van der Waals surface area contributed by atoms with Gasteiger partial charge in [-0.05, 0) is 24.8 Å². The van der Waals surface area contributed by atoms with E-state index in [1.165, 1.54) is 11.3 Å². The molecule has 0 fully saturated rings. The second-order valence-corrected chi connectivity index (χ2v) is 5.92. The van der Waals surface area contributed by atoms with Crippen LogP contribution >= 0.6 is 23.1 Å². The molecule has 0 bridgehead atoms. The van der Waals surface area contributed by atoms with E-state index < -0.39 is 12.0 Å². The molecule has 0 spiro atoms. The molecule has 0 aliphatic carbocycles. The molecule has 0 aromatic carbocycles. The van der Waals surface area contributed by atoms with Crippen LogP contribution in [0.15, 0.2) is 11.4 Å². The molecule has 2 rings (SSSR count). The lowest BCUT2D eigenvalue weighted by Gasteiger charge is -2.15. The number of anilines is 1. The number of rotatable bonds is 6. The Morgan fingerprint density at radius 1 is 1.39 bits per heavy atom. The number of fused-ring (bicyclic) bond motifs is 1. The first-order chi connectivity index (χ1) is 11.1. The monoisotopic (exact) mass is 356 g/mol. The van der Waals surface area contributed by atoms with Gasteiger partial charge in [0.05, 0.1) is 6.61 Å². The highest BCUT2D eigenvalue weighted by Crippen LogP contribution is 2.22. The van der Waals surface area contributed by atoms with Crippen LogP contribution in [-0.4, -0.2) is 39.5 Å². The van der Waals surface area contributed by atoms with Crippen LogP contribution < -0.4 is 5.32 Å². The largest absolute Gasteiger partial charge is 0.461 e. The molecular formula is C14H17ClN4O3S. The summed E-state index contributed by atoms with van der Waals surface area (Å²) < 4.78 is 5.99. The predicted molar refractivity (Wildman–Crippen MR) is 89.9 cm³/mol. The first-order valence-electron chi connectivity index (χ1n) is 7.23. The molecule has 7 nitrogen and oxygen atoms in total. The summed E-state index contributed by atoms with van der Waals surface area (Å²) in [6.45, 7) is 4.29. The molecule has 0 unspecified atom stereocenters. The molecule has 2 heterocycles. The van der Waals surface area contributed by atoms with Gasteiger partial charge in [0.25, 0.3) is 0 Å². The van der Waals surface area contributed by atoms with E-state index in [2.05, 4.69) is 15.3 Å². The molecule has 124 valence electrons. The zero-order valence-corrected chi connectivity index (χ0v) is 14.4. The summed E-state index contributed by atoms with van der Waals surface area (Å²) in [5.41, 5.74) is 0.538. The number of thiophene rings is 1. The lowest BCUT2D eigenvalue weighted by molar-refractivity contribution is 0.0521. The third-order valence-electron chi connectivity index (χ3n) is 2.92. The van der Waals surface area contributed by atoms with Gasteiger partial charge in [0.1, 0.15) is 10.3 Å². The summed E-state index contributed by atoms with van der Waals surface area (Å²) in [6.07, 6.45) is 1.68. The van der Waals surface area contributed by atoms with Crippen LogP contribution in [0.4, 0.5) is 10.6 Å². The minimum Gasteiger partial charge on any atom is -0.461 e. The quantitative estimate of drug-likeness (QED) is 0.630. The van der Waals surface area contributed by atoms with Gasteiger partial charge in [-0.2, -0.15) is 0 Å². The lowest BCUT2D eigenvalue weighted by Crippen LogP contribution is -2.29. The number of carbonyl (C=O) groups is 2. The summed E-state index contributed by atoms with van der Waals surface area (Å²) in [5.74, 6) is -0.594. The maximum atomic E-state index is 12.1. The van der Waals surface area contributed by atoms with Gasteiger partial charge >= 0.3 is 12.0 Å². The Hall–Kier alpha value is -1.93. The predicted octanol–water partition coefficient (Wildman–Crippen LogP) is 3.66. The molecule has 0 radical (unpaired) electrons. The Bertz CT molecular complexity index is 706. The highest BCUT2D eigenvalue weighted by molar-refractivity contribution is 7.16. The standard InChI is InChI=1S/C14H17ClN4O3S/c1-3-5-7-19(15)14(21)18-11-10(13(20)22-4-2)16-9-6-8-23-12(9)17-11/h6,8H,3-5,7H2,1-2H3,(H,17,18,21). The van der Waals surface area contributed by atoms with Crippen LogP contribution in [-0.2, 0) is 4.74 Å². The van der Waals surface area contributed by atoms with Gasteiger partial charge in [-0.1, -0.05) is 13.3 Å². The highest BCUT2D eigenvalue weighted by Gasteiger charge is 2.21. The minimum atomic E-state index is -0.641. The van der Waals surface area contributed by atoms with E-state index in [0.29, 0.717) is 16.9 Å². The van der Waals surface area contributed by atoms with Crippen molar-refractivity contribution in [3.05, 3.63) is 17.1 Å². The van der Waals surface area contributed by atoms with Crippen molar-refractivity contribution >= 4 is 51.3 Å². The first kappa shape index (κ1) is 17.4. The number of aromatic nitrogens is 2. The smallest absolute Gasteiger partial charge is 0.360 e. The number of ether oxygens (including phenoxy) is 1. The fourth-order valence-corrected chi connectivity index (χ4v) is 2.65. The second-order valence-electron chi connectivity index (χ2n) is 4.62. The van der Waals surface area contributed by atoms with Crippen molar-refractivity contribution in [3.8, 4) is 0 Å². The molecule has 0 saturated heterocycles. The molecule has 0 aliphatic rings. The van der Waals surface area contributed by atoms with Gasteiger partial charge in [0.15, 0.2) is 11.5 Å². The van der Waals surface area contributed by atoms with Crippen LogP contribution in [0.1, 0.15) is 37.2 Å². The van der Waals surface area contributed by atoms with Crippen LogP contribution in [0.3, 0.4) is 0 Å². The normalized spacial score (nSPS) is 10.6. The van der Waals surface area contributed by atoms with Crippen molar-refractivity contribution in [3.63, 3.8) is 0 Å². The summed E-state index contributed by atoms with van der Waals surface area (Å²) in [5, 5.41) is 4.33. The maximum Gasteiger partial charge on any atom is 0.360 e.